The predicted octanol–water partition coefficient (Wildman–Crippen LogP) is 3.08. The van der Waals surface area contributed by atoms with Gasteiger partial charge in [-0.3, -0.25) is 0 Å². The molecular formula is C10H20P+. The first-order valence-corrected chi connectivity index (χ1v) is 8.08. The van der Waals surface area contributed by atoms with Gasteiger partial charge in [0, 0.05) is 27.3 Å². The van der Waals surface area contributed by atoms with E-state index in [9.17, 15) is 0 Å². The Morgan fingerprint density at radius 2 is 1.73 bits per heavy atom. The molecule has 0 unspecified atom stereocenters. The molecule has 0 N–H and O–H groups in total. The van der Waals surface area contributed by atoms with Crippen molar-refractivity contribution in [3.63, 3.8) is 0 Å². The molecule has 2 bridgehead atoms. The summed E-state index contributed by atoms with van der Waals surface area (Å²) in [6, 6.07) is 0. The smallest absolute Gasteiger partial charge is 0.0499 e. The van der Waals surface area contributed by atoms with Crippen molar-refractivity contribution in [2.45, 2.75) is 31.3 Å². The van der Waals surface area contributed by atoms with Crippen molar-refractivity contribution in [1.82, 2.24) is 0 Å². The highest BCUT2D eigenvalue weighted by Gasteiger charge is 2.48. The third kappa shape index (κ3) is 1.35. The van der Waals surface area contributed by atoms with Crippen LogP contribution in [-0.4, -0.2) is 25.7 Å². The molecule has 0 saturated heterocycles. The summed E-state index contributed by atoms with van der Waals surface area (Å²) in [5.41, 5.74) is 1.15. The summed E-state index contributed by atoms with van der Waals surface area (Å²) in [5, 5.41) is 0. The van der Waals surface area contributed by atoms with Crippen LogP contribution in [0.25, 0.3) is 0 Å². The number of fused-ring (bicyclic) bond motifs is 2. The third-order valence-electron chi connectivity index (χ3n) is 3.70. The van der Waals surface area contributed by atoms with Gasteiger partial charge in [0.1, 0.15) is 0 Å². The van der Waals surface area contributed by atoms with E-state index < -0.39 is 7.26 Å². The second-order valence-corrected chi connectivity index (χ2v) is 10.3. The first kappa shape index (κ1) is 8.05. The van der Waals surface area contributed by atoms with Gasteiger partial charge >= 0.3 is 0 Å². The minimum absolute atomic E-state index is 0.506. The zero-order valence-electron chi connectivity index (χ0n) is 8.01. The average Bonchev–Trinajstić information content (AvgIpc) is 2.42. The molecule has 3 atom stereocenters. The van der Waals surface area contributed by atoms with Gasteiger partial charge in [0.15, 0.2) is 0 Å². The Morgan fingerprint density at radius 3 is 2.00 bits per heavy atom. The van der Waals surface area contributed by atoms with Crippen LogP contribution < -0.4 is 0 Å². The summed E-state index contributed by atoms with van der Waals surface area (Å²) in [7, 11) is -0.506. The van der Waals surface area contributed by atoms with Crippen LogP contribution in [0.1, 0.15) is 25.7 Å². The molecule has 0 nitrogen and oxygen atoms in total. The monoisotopic (exact) mass is 171 g/mol. The molecule has 0 aromatic rings. The molecule has 0 amide bonds. The van der Waals surface area contributed by atoms with Gasteiger partial charge < -0.3 is 0 Å². The highest BCUT2D eigenvalue weighted by Crippen LogP contribution is 2.64. The van der Waals surface area contributed by atoms with Gasteiger partial charge in [-0.05, 0) is 37.5 Å². The summed E-state index contributed by atoms with van der Waals surface area (Å²) in [4.78, 5) is 0. The molecule has 0 aromatic heterocycles. The van der Waals surface area contributed by atoms with E-state index in [1.54, 1.807) is 25.7 Å². The van der Waals surface area contributed by atoms with E-state index in [0.717, 1.165) is 17.5 Å². The molecule has 2 aliphatic rings. The van der Waals surface area contributed by atoms with Crippen molar-refractivity contribution in [2.75, 3.05) is 20.0 Å². The Morgan fingerprint density at radius 1 is 1.00 bits per heavy atom. The molecule has 0 aromatic carbocycles. The molecule has 2 fully saturated rings. The van der Waals surface area contributed by atoms with Crippen LogP contribution in [0.2, 0.25) is 0 Å². The first-order valence-electron chi connectivity index (χ1n) is 4.88. The van der Waals surface area contributed by atoms with Crippen LogP contribution in [0.3, 0.4) is 0 Å². The van der Waals surface area contributed by atoms with E-state index in [0.29, 0.717) is 0 Å². The van der Waals surface area contributed by atoms with Crippen molar-refractivity contribution in [2.24, 2.45) is 11.8 Å². The third-order valence-corrected chi connectivity index (χ3v) is 6.32. The van der Waals surface area contributed by atoms with Crippen molar-refractivity contribution >= 4 is 7.26 Å². The second kappa shape index (κ2) is 2.46. The van der Waals surface area contributed by atoms with E-state index in [2.05, 4.69) is 20.0 Å². The lowest BCUT2D eigenvalue weighted by molar-refractivity contribution is 0.486. The molecule has 0 aliphatic heterocycles. The summed E-state index contributed by atoms with van der Waals surface area (Å²) < 4.78 is 0. The number of rotatable bonds is 1. The Bertz CT molecular complexity index is 157. The normalized spacial score (nSPS) is 43.4. The minimum Gasteiger partial charge on any atom is -0.0499 e. The molecule has 1 heteroatoms. The van der Waals surface area contributed by atoms with E-state index in [1.807, 2.05) is 0 Å². The van der Waals surface area contributed by atoms with Crippen molar-refractivity contribution in [1.29, 1.82) is 0 Å². The van der Waals surface area contributed by atoms with Gasteiger partial charge in [0.2, 0.25) is 0 Å². The minimum atomic E-state index is -0.506. The molecule has 2 rings (SSSR count). The summed E-state index contributed by atoms with van der Waals surface area (Å²) in [6.07, 6.45) is 6.29. The van der Waals surface area contributed by atoms with Gasteiger partial charge in [-0.25, -0.2) is 0 Å². The maximum absolute atomic E-state index is 2.53. The zero-order valence-corrected chi connectivity index (χ0v) is 8.90. The molecule has 0 radical (unpaired) electrons. The fourth-order valence-corrected chi connectivity index (χ4v) is 5.63. The van der Waals surface area contributed by atoms with Crippen molar-refractivity contribution in [3.8, 4) is 0 Å². The topological polar surface area (TPSA) is 0 Å². The van der Waals surface area contributed by atoms with Gasteiger partial charge in [0.25, 0.3) is 0 Å². The van der Waals surface area contributed by atoms with E-state index in [4.69, 9.17) is 0 Å². The summed E-state index contributed by atoms with van der Waals surface area (Å²) in [6.45, 7) is 7.58. The molecule has 0 spiro atoms. The lowest BCUT2D eigenvalue weighted by Crippen LogP contribution is -2.19. The molecular weight excluding hydrogens is 151 g/mol. The lowest BCUT2D eigenvalue weighted by atomic mass is 10.0. The van der Waals surface area contributed by atoms with Gasteiger partial charge in [-0.1, -0.05) is 0 Å². The fraction of sp³-hybridized carbons (Fsp3) is 1.00. The zero-order chi connectivity index (χ0) is 8.06. The average molecular weight is 171 g/mol. The SMILES string of the molecule is C[P+](C)(C)[C@H]1C[C@H]2CC[C@@H]1C2. The van der Waals surface area contributed by atoms with Crippen LogP contribution in [0.15, 0.2) is 0 Å². The van der Waals surface area contributed by atoms with Crippen LogP contribution in [-0.2, 0) is 0 Å². The maximum Gasteiger partial charge on any atom is 0.0720 e. The summed E-state index contributed by atoms with van der Waals surface area (Å²) in [5.74, 6) is 2.29. The van der Waals surface area contributed by atoms with E-state index in [1.165, 1.54) is 0 Å². The molecule has 11 heavy (non-hydrogen) atoms. The highest BCUT2D eigenvalue weighted by atomic mass is 31.2. The molecule has 64 valence electrons. The van der Waals surface area contributed by atoms with Crippen molar-refractivity contribution in [3.05, 3.63) is 0 Å². The quantitative estimate of drug-likeness (QED) is 0.532. The largest absolute Gasteiger partial charge is 0.0720 e. The van der Waals surface area contributed by atoms with Gasteiger partial charge in [-0.2, -0.15) is 0 Å². The second-order valence-electron chi connectivity index (χ2n) is 5.36. The molecule has 0 heterocycles. The number of hydrogen-bond donors (Lipinski definition) is 0. The van der Waals surface area contributed by atoms with Gasteiger partial charge in [-0.15, -0.1) is 0 Å². The lowest BCUT2D eigenvalue weighted by Gasteiger charge is -2.27. The Balaban J connectivity index is 2.08. The fourth-order valence-electron chi connectivity index (χ4n) is 3.16. The van der Waals surface area contributed by atoms with Crippen molar-refractivity contribution < 1.29 is 0 Å². The van der Waals surface area contributed by atoms with Crippen LogP contribution >= 0.6 is 7.26 Å². The van der Waals surface area contributed by atoms with Gasteiger partial charge in [0.05, 0.1) is 5.66 Å². The van der Waals surface area contributed by atoms with Crippen LogP contribution in [0.5, 0.6) is 0 Å². The Hall–Kier alpha value is 0.430. The Kier molecular flexibility index (Phi) is 1.80. The maximum atomic E-state index is 2.53. The predicted molar refractivity (Wildman–Crippen MR) is 53.9 cm³/mol. The molecule has 2 saturated carbocycles. The summed E-state index contributed by atoms with van der Waals surface area (Å²) >= 11 is 0. The Labute approximate surface area is 71.1 Å². The number of hydrogen-bond acceptors (Lipinski definition) is 0. The van der Waals surface area contributed by atoms with E-state index >= 15 is 0 Å². The standard InChI is InChI=1S/C10H20P/c1-11(2,3)10-7-8-4-5-9(10)6-8/h8-10H,4-7H2,1-3H3/q+1/t8-,9+,10-/m0/s1. The van der Waals surface area contributed by atoms with Crippen LogP contribution in [0, 0.1) is 11.8 Å². The van der Waals surface area contributed by atoms with E-state index in [-0.39, 0.29) is 0 Å². The van der Waals surface area contributed by atoms with Crippen LogP contribution in [0.4, 0.5) is 0 Å². The first-order chi connectivity index (χ1) is 5.07. The highest BCUT2D eigenvalue weighted by molar-refractivity contribution is 7.74. The molecule has 2 aliphatic carbocycles.